The lowest BCUT2D eigenvalue weighted by Crippen LogP contribution is -2.29. The Balaban J connectivity index is 1.62. The van der Waals surface area contributed by atoms with Crippen LogP contribution in [0.15, 0.2) is 5.38 Å². The molecular formula is C12H17N3O3S. The zero-order valence-electron chi connectivity index (χ0n) is 10.5. The Morgan fingerprint density at radius 1 is 1.42 bits per heavy atom. The second-order valence-corrected chi connectivity index (χ2v) is 5.39. The molecule has 2 rings (SSSR count). The molecule has 1 saturated carbocycles. The van der Waals surface area contributed by atoms with E-state index < -0.39 is 5.97 Å². The third-order valence-corrected chi connectivity index (χ3v) is 3.64. The summed E-state index contributed by atoms with van der Waals surface area (Å²) in [6, 6.07) is 0. The van der Waals surface area contributed by atoms with Gasteiger partial charge < -0.3 is 15.7 Å². The molecule has 0 aliphatic heterocycles. The maximum Gasteiger partial charge on any atom is 0.303 e. The molecule has 0 radical (unpaired) electrons. The largest absolute Gasteiger partial charge is 0.481 e. The molecule has 19 heavy (non-hydrogen) atoms. The second kappa shape index (κ2) is 6.51. The van der Waals surface area contributed by atoms with Gasteiger partial charge in [-0.1, -0.05) is 0 Å². The van der Waals surface area contributed by atoms with Crippen molar-refractivity contribution in [3.05, 3.63) is 11.1 Å². The van der Waals surface area contributed by atoms with Crippen molar-refractivity contribution in [2.45, 2.75) is 25.7 Å². The van der Waals surface area contributed by atoms with E-state index >= 15 is 0 Å². The Morgan fingerprint density at radius 2 is 2.21 bits per heavy atom. The van der Waals surface area contributed by atoms with E-state index in [1.165, 1.54) is 11.3 Å². The molecule has 7 heteroatoms. The van der Waals surface area contributed by atoms with Crippen molar-refractivity contribution in [3.8, 4) is 0 Å². The Morgan fingerprint density at radius 3 is 2.89 bits per heavy atom. The minimum Gasteiger partial charge on any atom is -0.481 e. The van der Waals surface area contributed by atoms with Crippen LogP contribution < -0.4 is 10.6 Å². The summed E-state index contributed by atoms with van der Waals surface area (Å²) in [6.07, 6.45) is 2.57. The predicted molar refractivity (Wildman–Crippen MR) is 72.3 cm³/mol. The molecule has 6 nitrogen and oxygen atoms in total. The molecule has 1 fully saturated rings. The van der Waals surface area contributed by atoms with Crippen LogP contribution in [0, 0.1) is 5.92 Å². The van der Waals surface area contributed by atoms with Gasteiger partial charge in [0.1, 0.15) is 0 Å². The van der Waals surface area contributed by atoms with E-state index in [0.29, 0.717) is 19.5 Å². The van der Waals surface area contributed by atoms with Gasteiger partial charge in [0.05, 0.1) is 12.1 Å². The van der Waals surface area contributed by atoms with Crippen LogP contribution in [0.4, 0.5) is 5.13 Å². The summed E-state index contributed by atoms with van der Waals surface area (Å²) in [4.78, 5) is 26.1. The molecule has 104 valence electrons. The van der Waals surface area contributed by atoms with Gasteiger partial charge >= 0.3 is 5.97 Å². The summed E-state index contributed by atoms with van der Waals surface area (Å²) in [5.74, 6) is -0.434. The molecule has 0 bridgehead atoms. The smallest absolute Gasteiger partial charge is 0.303 e. The van der Waals surface area contributed by atoms with Crippen molar-refractivity contribution in [1.82, 2.24) is 10.3 Å². The van der Waals surface area contributed by atoms with Crippen LogP contribution in [-0.2, 0) is 16.0 Å². The summed E-state index contributed by atoms with van der Waals surface area (Å²) in [5, 5.41) is 17.2. The van der Waals surface area contributed by atoms with Crippen molar-refractivity contribution in [1.29, 1.82) is 0 Å². The van der Waals surface area contributed by atoms with Gasteiger partial charge in [0.15, 0.2) is 5.13 Å². The first-order valence-electron chi connectivity index (χ1n) is 6.33. The van der Waals surface area contributed by atoms with Gasteiger partial charge in [-0.25, -0.2) is 4.98 Å². The molecule has 3 N–H and O–H groups in total. The normalized spacial score (nSPS) is 14.1. The fourth-order valence-corrected chi connectivity index (χ4v) is 2.36. The van der Waals surface area contributed by atoms with Crippen molar-refractivity contribution >= 4 is 28.3 Å². The number of hydrogen-bond acceptors (Lipinski definition) is 5. The number of aliphatic carboxylic acids is 1. The highest BCUT2D eigenvalue weighted by Crippen LogP contribution is 2.28. The van der Waals surface area contributed by atoms with Gasteiger partial charge in [-0.15, -0.1) is 11.3 Å². The van der Waals surface area contributed by atoms with Crippen LogP contribution in [0.2, 0.25) is 0 Å². The summed E-state index contributed by atoms with van der Waals surface area (Å²) < 4.78 is 0. The molecule has 1 heterocycles. The molecule has 0 unspecified atom stereocenters. The molecular weight excluding hydrogens is 266 g/mol. The number of rotatable bonds is 8. The van der Waals surface area contributed by atoms with Crippen molar-refractivity contribution < 1.29 is 14.7 Å². The minimum absolute atomic E-state index is 0.0978. The molecule has 0 aromatic carbocycles. The van der Waals surface area contributed by atoms with E-state index in [4.69, 9.17) is 5.11 Å². The average molecular weight is 283 g/mol. The minimum atomic E-state index is -0.815. The van der Waals surface area contributed by atoms with E-state index in [0.717, 1.165) is 23.7 Å². The van der Waals surface area contributed by atoms with Crippen LogP contribution in [-0.4, -0.2) is 35.1 Å². The number of carbonyl (C=O) groups excluding carboxylic acids is 1. The number of nitrogens with zero attached hydrogens (tertiary/aromatic N) is 1. The number of aryl methyl sites for hydroxylation is 1. The van der Waals surface area contributed by atoms with Crippen molar-refractivity contribution in [3.63, 3.8) is 0 Å². The van der Waals surface area contributed by atoms with Crippen LogP contribution in [0.3, 0.4) is 0 Å². The van der Waals surface area contributed by atoms with Gasteiger partial charge in [-0.3, -0.25) is 9.59 Å². The van der Waals surface area contributed by atoms with Crippen molar-refractivity contribution in [2.24, 2.45) is 5.92 Å². The first-order chi connectivity index (χ1) is 9.15. The van der Waals surface area contributed by atoms with Crippen LogP contribution in [0.25, 0.3) is 0 Å². The molecule has 0 saturated heterocycles. The number of amides is 1. The number of anilines is 1. The quantitative estimate of drug-likeness (QED) is 0.621. The standard InChI is InChI=1S/C12H17N3O3S/c16-10(17)4-3-9-7-19-12(15-9)14-6-5-13-11(18)8-1-2-8/h7-8H,1-6H2,(H,13,18)(H,14,15)(H,16,17). The number of carboxylic acids is 1. The monoisotopic (exact) mass is 283 g/mol. The van der Waals surface area contributed by atoms with Gasteiger partial charge in [-0.2, -0.15) is 0 Å². The number of hydrogen-bond donors (Lipinski definition) is 3. The lowest BCUT2D eigenvalue weighted by atomic mass is 10.2. The second-order valence-electron chi connectivity index (χ2n) is 4.53. The molecule has 1 aromatic rings. The van der Waals surface area contributed by atoms with Crippen LogP contribution >= 0.6 is 11.3 Å². The zero-order valence-corrected chi connectivity index (χ0v) is 11.3. The van der Waals surface area contributed by atoms with Crippen LogP contribution in [0.1, 0.15) is 25.0 Å². The molecule has 1 aliphatic rings. The maximum absolute atomic E-state index is 11.4. The van der Waals surface area contributed by atoms with E-state index in [9.17, 15) is 9.59 Å². The highest BCUT2D eigenvalue weighted by molar-refractivity contribution is 7.13. The van der Waals surface area contributed by atoms with Gasteiger partial charge in [-0.05, 0) is 12.8 Å². The van der Waals surface area contributed by atoms with E-state index in [1.807, 2.05) is 5.38 Å². The first kappa shape index (κ1) is 13.8. The highest BCUT2D eigenvalue weighted by atomic mass is 32.1. The third-order valence-electron chi connectivity index (χ3n) is 2.80. The number of aromatic nitrogens is 1. The van der Waals surface area contributed by atoms with Gasteiger partial charge in [0, 0.05) is 30.8 Å². The summed E-state index contributed by atoms with van der Waals surface area (Å²) in [7, 11) is 0. The lowest BCUT2D eigenvalue weighted by molar-refractivity contribution is -0.137. The van der Waals surface area contributed by atoms with E-state index in [-0.39, 0.29) is 18.2 Å². The average Bonchev–Trinajstić information content (AvgIpc) is 3.13. The van der Waals surface area contributed by atoms with E-state index in [1.54, 1.807) is 0 Å². The number of nitrogens with one attached hydrogen (secondary N) is 2. The van der Waals surface area contributed by atoms with Crippen molar-refractivity contribution in [2.75, 3.05) is 18.4 Å². The number of carboxylic acid groups (broad SMARTS) is 1. The Labute approximate surface area is 115 Å². The van der Waals surface area contributed by atoms with Crippen LogP contribution in [0.5, 0.6) is 0 Å². The third kappa shape index (κ3) is 4.86. The Hall–Kier alpha value is -1.63. The lowest BCUT2D eigenvalue weighted by Gasteiger charge is -2.04. The zero-order chi connectivity index (χ0) is 13.7. The molecule has 1 aromatic heterocycles. The Bertz CT molecular complexity index is 457. The summed E-state index contributed by atoms with van der Waals surface area (Å²) in [5.41, 5.74) is 0.789. The van der Waals surface area contributed by atoms with E-state index in [2.05, 4.69) is 15.6 Å². The molecule has 0 atom stereocenters. The summed E-state index contributed by atoms with van der Waals surface area (Å²) in [6.45, 7) is 1.21. The molecule has 0 spiro atoms. The first-order valence-corrected chi connectivity index (χ1v) is 7.21. The summed E-state index contributed by atoms with van der Waals surface area (Å²) >= 11 is 1.45. The number of thiazole rings is 1. The molecule has 1 amide bonds. The Kier molecular flexibility index (Phi) is 4.73. The maximum atomic E-state index is 11.4. The molecule has 1 aliphatic carbocycles. The fraction of sp³-hybridized carbons (Fsp3) is 0.583. The van der Waals surface area contributed by atoms with Gasteiger partial charge in [0.2, 0.25) is 5.91 Å². The number of carbonyl (C=O) groups is 2. The topological polar surface area (TPSA) is 91.3 Å². The SMILES string of the molecule is O=C(O)CCc1csc(NCCNC(=O)C2CC2)n1. The van der Waals surface area contributed by atoms with Gasteiger partial charge in [0.25, 0.3) is 0 Å². The highest BCUT2D eigenvalue weighted by Gasteiger charge is 2.28. The predicted octanol–water partition coefficient (Wildman–Crippen LogP) is 1.10. The fourth-order valence-electron chi connectivity index (χ4n) is 1.58.